The second-order valence-electron chi connectivity index (χ2n) is 3.93. The molecule has 0 atom stereocenters. The molecule has 0 aliphatic rings. The highest BCUT2D eigenvalue weighted by atomic mass is 79.9. The third-order valence-corrected chi connectivity index (χ3v) is 4.87. The number of halogens is 3. The molecule has 0 bridgehead atoms. The predicted molar refractivity (Wildman–Crippen MR) is 87.0 cm³/mol. The van der Waals surface area contributed by atoms with Crippen molar-refractivity contribution < 1.29 is 4.42 Å². The van der Waals surface area contributed by atoms with Crippen LogP contribution in [0.2, 0.25) is 0 Å². The van der Waals surface area contributed by atoms with Crippen LogP contribution < -0.4 is 5.73 Å². The van der Waals surface area contributed by atoms with Crippen molar-refractivity contribution in [2.45, 2.75) is 0 Å². The summed E-state index contributed by atoms with van der Waals surface area (Å²) in [7, 11) is 0. The summed E-state index contributed by atoms with van der Waals surface area (Å²) in [5.41, 5.74) is 8.85. The molecule has 0 aliphatic heterocycles. The van der Waals surface area contributed by atoms with Crippen molar-refractivity contribution in [2.75, 3.05) is 5.73 Å². The lowest BCUT2D eigenvalue weighted by Crippen LogP contribution is -1.88. The summed E-state index contributed by atoms with van der Waals surface area (Å²) in [6.45, 7) is 0. The van der Waals surface area contributed by atoms with Crippen LogP contribution in [0.3, 0.4) is 0 Å². The van der Waals surface area contributed by atoms with E-state index in [4.69, 9.17) is 10.2 Å². The van der Waals surface area contributed by atoms with Gasteiger partial charge in [0.05, 0.1) is 15.7 Å². The number of nitrogens with two attached hydrogens (primary N) is 1. The Morgan fingerprint density at radius 2 is 1.79 bits per heavy atom. The van der Waals surface area contributed by atoms with Gasteiger partial charge in [-0.3, -0.25) is 0 Å². The second kappa shape index (κ2) is 4.92. The maximum Gasteiger partial charge on any atom is 0.228 e. The van der Waals surface area contributed by atoms with Crippen LogP contribution in [0.5, 0.6) is 0 Å². The van der Waals surface area contributed by atoms with Crippen molar-refractivity contribution in [3.8, 4) is 11.5 Å². The Labute approximate surface area is 134 Å². The largest absolute Gasteiger partial charge is 0.436 e. The number of hydrogen-bond donors (Lipinski definition) is 1. The molecule has 0 amide bonds. The van der Waals surface area contributed by atoms with Crippen LogP contribution in [0.1, 0.15) is 0 Å². The van der Waals surface area contributed by atoms with Gasteiger partial charge < -0.3 is 10.2 Å². The van der Waals surface area contributed by atoms with Gasteiger partial charge in [-0.15, -0.1) is 0 Å². The van der Waals surface area contributed by atoms with Crippen LogP contribution in [-0.4, -0.2) is 4.98 Å². The minimum atomic E-state index is 0.556. The molecule has 6 heteroatoms. The number of nitrogen functional groups attached to an aromatic ring is 1. The van der Waals surface area contributed by atoms with Crippen molar-refractivity contribution in [3.05, 3.63) is 43.7 Å². The van der Waals surface area contributed by atoms with E-state index in [2.05, 4.69) is 52.8 Å². The normalized spacial score (nSPS) is 11.1. The van der Waals surface area contributed by atoms with E-state index >= 15 is 0 Å². The third kappa shape index (κ3) is 2.22. The Morgan fingerprint density at radius 3 is 2.53 bits per heavy atom. The minimum absolute atomic E-state index is 0.556. The first-order valence-corrected chi connectivity index (χ1v) is 7.74. The fourth-order valence-electron chi connectivity index (χ4n) is 1.76. The molecule has 2 aromatic carbocycles. The summed E-state index contributed by atoms with van der Waals surface area (Å²) in [6, 6.07) is 9.60. The van der Waals surface area contributed by atoms with E-state index in [0.29, 0.717) is 22.7 Å². The van der Waals surface area contributed by atoms with Crippen molar-refractivity contribution in [3.63, 3.8) is 0 Å². The van der Waals surface area contributed by atoms with E-state index in [9.17, 15) is 0 Å². The predicted octanol–water partition coefficient (Wildman–Crippen LogP) is 5.36. The highest BCUT2D eigenvalue weighted by Crippen LogP contribution is 2.38. The summed E-state index contributed by atoms with van der Waals surface area (Å²) in [4.78, 5) is 4.50. The van der Waals surface area contributed by atoms with Crippen molar-refractivity contribution in [1.29, 1.82) is 0 Å². The maximum absolute atomic E-state index is 5.94. The van der Waals surface area contributed by atoms with Gasteiger partial charge >= 0.3 is 0 Å². The number of benzene rings is 2. The van der Waals surface area contributed by atoms with E-state index in [1.807, 2.05) is 30.3 Å². The van der Waals surface area contributed by atoms with E-state index < -0.39 is 0 Å². The number of nitrogens with zero attached hydrogens (tertiary/aromatic N) is 1. The molecule has 0 unspecified atom stereocenters. The summed E-state index contributed by atoms with van der Waals surface area (Å²) < 4.78 is 8.24. The zero-order valence-corrected chi connectivity index (χ0v) is 14.2. The summed E-state index contributed by atoms with van der Waals surface area (Å²) in [5.74, 6) is 0.556. The van der Waals surface area contributed by atoms with E-state index in [1.165, 1.54) is 0 Å². The minimum Gasteiger partial charge on any atom is -0.436 e. The molecule has 1 heterocycles. The average molecular weight is 447 g/mol. The highest BCUT2D eigenvalue weighted by molar-refractivity contribution is 9.11. The van der Waals surface area contributed by atoms with Gasteiger partial charge in [0.1, 0.15) is 5.52 Å². The molecule has 2 N–H and O–H groups in total. The quantitative estimate of drug-likeness (QED) is 0.511. The van der Waals surface area contributed by atoms with Gasteiger partial charge in [0.2, 0.25) is 5.89 Å². The number of aromatic nitrogens is 1. The van der Waals surface area contributed by atoms with E-state index in [-0.39, 0.29) is 0 Å². The molecule has 0 radical (unpaired) electrons. The third-order valence-electron chi connectivity index (χ3n) is 2.72. The monoisotopic (exact) mass is 444 g/mol. The Bertz CT molecular complexity index is 783. The van der Waals surface area contributed by atoms with Crippen molar-refractivity contribution in [2.24, 2.45) is 0 Å². The number of fused-ring (bicyclic) bond motifs is 1. The van der Waals surface area contributed by atoms with Crippen LogP contribution >= 0.6 is 47.8 Å². The molecule has 96 valence electrons. The molecule has 0 saturated carbocycles. The van der Waals surface area contributed by atoms with Gasteiger partial charge in [-0.05, 0) is 66.0 Å². The zero-order chi connectivity index (χ0) is 13.6. The average Bonchev–Trinajstić information content (AvgIpc) is 2.80. The van der Waals surface area contributed by atoms with Crippen LogP contribution in [0, 0.1) is 0 Å². The summed E-state index contributed by atoms with van der Waals surface area (Å²) >= 11 is 10.3. The first-order chi connectivity index (χ1) is 9.08. The van der Waals surface area contributed by atoms with Crippen LogP contribution in [0.4, 0.5) is 5.69 Å². The molecule has 0 aliphatic carbocycles. The zero-order valence-electron chi connectivity index (χ0n) is 9.45. The number of rotatable bonds is 1. The van der Waals surface area contributed by atoms with Gasteiger partial charge in [0.25, 0.3) is 0 Å². The molecule has 0 saturated heterocycles. The first-order valence-electron chi connectivity index (χ1n) is 5.37. The standard InChI is InChI=1S/C13H7Br3N2O/c14-7-4-2-1-3-6(7)13-18-12-9(19-13)5-8(15)11(17)10(12)16/h1-5H,17H2. The van der Waals surface area contributed by atoms with Gasteiger partial charge in [-0.25, -0.2) is 4.98 Å². The van der Waals surface area contributed by atoms with Crippen LogP contribution in [0.15, 0.2) is 48.2 Å². The lowest BCUT2D eigenvalue weighted by atomic mass is 10.2. The molecule has 0 fully saturated rings. The van der Waals surface area contributed by atoms with Gasteiger partial charge in [-0.1, -0.05) is 12.1 Å². The topological polar surface area (TPSA) is 52.0 Å². The molecule has 1 aromatic heterocycles. The number of oxazole rings is 1. The first kappa shape index (κ1) is 13.1. The number of hydrogen-bond acceptors (Lipinski definition) is 3. The number of anilines is 1. The SMILES string of the molecule is Nc1c(Br)cc2oc(-c3ccccc3Br)nc2c1Br. The summed E-state index contributed by atoms with van der Waals surface area (Å²) in [6.07, 6.45) is 0. The summed E-state index contributed by atoms with van der Waals surface area (Å²) in [5, 5.41) is 0. The van der Waals surface area contributed by atoms with Crippen LogP contribution in [-0.2, 0) is 0 Å². The molecular weight excluding hydrogens is 440 g/mol. The second-order valence-corrected chi connectivity index (χ2v) is 6.43. The lowest BCUT2D eigenvalue weighted by Gasteiger charge is -1.99. The van der Waals surface area contributed by atoms with Crippen molar-refractivity contribution >= 4 is 64.6 Å². The van der Waals surface area contributed by atoms with Crippen molar-refractivity contribution in [1.82, 2.24) is 4.98 Å². The fraction of sp³-hybridized carbons (Fsp3) is 0. The Balaban J connectivity index is 2.29. The van der Waals surface area contributed by atoms with Crippen LogP contribution in [0.25, 0.3) is 22.6 Å². The molecule has 3 aromatic rings. The molecule has 3 rings (SSSR count). The lowest BCUT2D eigenvalue weighted by molar-refractivity contribution is 0.619. The molecule has 19 heavy (non-hydrogen) atoms. The Hall–Kier alpha value is -0.850. The smallest absolute Gasteiger partial charge is 0.228 e. The molecule has 0 spiro atoms. The maximum atomic E-state index is 5.94. The highest BCUT2D eigenvalue weighted by Gasteiger charge is 2.16. The van der Waals surface area contributed by atoms with E-state index in [1.54, 1.807) is 0 Å². The fourth-order valence-corrected chi connectivity index (χ4v) is 3.39. The van der Waals surface area contributed by atoms with E-state index in [0.717, 1.165) is 19.0 Å². The van der Waals surface area contributed by atoms with Gasteiger partial charge in [0.15, 0.2) is 5.58 Å². The molecule has 3 nitrogen and oxygen atoms in total. The van der Waals surface area contributed by atoms with Gasteiger partial charge in [0, 0.05) is 8.95 Å². The Morgan fingerprint density at radius 1 is 1.05 bits per heavy atom. The Kier molecular flexibility index (Phi) is 3.41. The molecular formula is C13H7Br3N2O. The van der Waals surface area contributed by atoms with Gasteiger partial charge in [-0.2, -0.15) is 0 Å².